The van der Waals surface area contributed by atoms with E-state index >= 15 is 0 Å². The van der Waals surface area contributed by atoms with Gasteiger partial charge in [0.15, 0.2) is 9.84 Å². The summed E-state index contributed by atoms with van der Waals surface area (Å²) >= 11 is 0. The maximum atomic E-state index is 12.5. The zero-order chi connectivity index (χ0) is 21.3. The minimum Gasteiger partial charge on any atom is -0.366 e. The number of nitrogens with two attached hydrogens (primary N) is 1. The van der Waals surface area contributed by atoms with E-state index in [9.17, 15) is 18.0 Å². The lowest BCUT2D eigenvalue weighted by Crippen LogP contribution is -2.45. The predicted molar refractivity (Wildman–Crippen MR) is 114 cm³/mol. The maximum Gasteiger partial charge on any atom is 0.250 e. The Hall–Kier alpha value is -2.78. The molecule has 0 radical (unpaired) electrons. The summed E-state index contributed by atoms with van der Waals surface area (Å²) in [5, 5.41) is 5.05. The topological polar surface area (TPSA) is 122 Å². The fraction of sp³-hybridized carbons (Fsp3) is 0.381. The lowest BCUT2D eigenvalue weighted by Gasteiger charge is -2.32. The number of hydrogen-bond acceptors (Lipinski definition) is 6. The number of para-hydroxylation sites is 1. The van der Waals surface area contributed by atoms with Crippen molar-refractivity contribution < 1.29 is 18.0 Å². The molecule has 30 heavy (non-hydrogen) atoms. The highest BCUT2D eigenvalue weighted by Gasteiger charge is 2.28. The van der Waals surface area contributed by atoms with Crippen molar-refractivity contribution in [1.82, 2.24) is 15.2 Å². The molecule has 1 aromatic heterocycles. The Morgan fingerprint density at radius 1 is 1.20 bits per heavy atom. The van der Waals surface area contributed by atoms with Crippen LogP contribution in [-0.2, 0) is 14.6 Å². The first-order valence-electron chi connectivity index (χ1n) is 9.94. The van der Waals surface area contributed by atoms with Crippen LogP contribution in [0.1, 0.15) is 34.8 Å². The first kappa shape index (κ1) is 20.5. The van der Waals surface area contributed by atoms with Crippen molar-refractivity contribution in [3.63, 3.8) is 0 Å². The molecule has 0 unspecified atom stereocenters. The number of piperidine rings is 1. The molecule has 9 heteroatoms. The number of pyridine rings is 1. The number of nitrogens with one attached hydrogen (secondary N) is 1. The van der Waals surface area contributed by atoms with Crippen molar-refractivity contribution in [2.45, 2.75) is 24.8 Å². The van der Waals surface area contributed by atoms with Crippen LogP contribution in [0, 0.1) is 0 Å². The van der Waals surface area contributed by atoms with Crippen LogP contribution in [0.2, 0.25) is 0 Å². The molecule has 0 bridgehead atoms. The van der Waals surface area contributed by atoms with Gasteiger partial charge in [-0.2, -0.15) is 0 Å². The van der Waals surface area contributed by atoms with Gasteiger partial charge in [0.1, 0.15) is 0 Å². The summed E-state index contributed by atoms with van der Waals surface area (Å²) in [6, 6.07) is 9.08. The summed E-state index contributed by atoms with van der Waals surface area (Å²) in [6.45, 7) is 1.20. The Bertz CT molecular complexity index is 1120. The van der Waals surface area contributed by atoms with Gasteiger partial charge in [-0.05, 0) is 25.0 Å². The molecule has 2 aliphatic rings. The summed E-state index contributed by atoms with van der Waals surface area (Å²) in [6.07, 6.45) is 2.95. The van der Waals surface area contributed by atoms with E-state index in [1.165, 1.54) is 5.41 Å². The normalized spacial score (nSPS) is 21.2. The quantitative estimate of drug-likeness (QED) is 0.731. The zero-order valence-electron chi connectivity index (χ0n) is 16.5. The number of sulfone groups is 1. The molecule has 1 atom stereocenters. The molecular weight excluding hydrogens is 404 g/mol. The highest BCUT2D eigenvalue weighted by Crippen LogP contribution is 2.31. The van der Waals surface area contributed by atoms with Gasteiger partial charge in [-0.15, -0.1) is 0 Å². The van der Waals surface area contributed by atoms with Crippen LogP contribution in [-0.4, -0.2) is 61.5 Å². The van der Waals surface area contributed by atoms with Crippen molar-refractivity contribution in [1.29, 1.82) is 0 Å². The van der Waals surface area contributed by atoms with Crippen LogP contribution in [0.25, 0.3) is 10.9 Å². The van der Waals surface area contributed by atoms with Gasteiger partial charge in [0, 0.05) is 35.8 Å². The number of fused-ring (bicyclic) bond motifs is 1. The van der Waals surface area contributed by atoms with E-state index in [1.807, 2.05) is 24.3 Å². The Morgan fingerprint density at radius 3 is 2.60 bits per heavy atom. The Balaban J connectivity index is 1.39. The summed E-state index contributed by atoms with van der Waals surface area (Å²) in [5.74, 6) is -0.512. The van der Waals surface area contributed by atoms with Crippen LogP contribution in [0.5, 0.6) is 0 Å². The number of nitrogens with zero attached hydrogens (tertiary/aromatic N) is 2. The lowest BCUT2D eigenvalue weighted by molar-refractivity contribution is -0.131. The van der Waals surface area contributed by atoms with Gasteiger partial charge in [0.2, 0.25) is 5.91 Å². The number of rotatable bonds is 5. The lowest BCUT2D eigenvalue weighted by atomic mass is 9.89. The first-order valence-corrected chi connectivity index (χ1v) is 11.7. The number of hydrogen-bond donors (Lipinski definition) is 2. The molecule has 1 fully saturated rings. The standard InChI is InChI=1S/C21H24N4O4S/c22-21(27)17-11-15-3-1-2-4-18(15)24-20(17)14-5-8-25(9-6-14)19(26)12-23-16-7-10-30(28,29)13-16/h1-4,7,10-11,14,16,23H,5-6,8-9,12-13H2,(H2,22,27)/t16-/m1/s1. The average molecular weight is 429 g/mol. The van der Waals surface area contributed by atoms with E-state index in [4.69, 9.17) is 10.7 Å². The van der Waals surface area contributed by atoms with Gasteiger partial charge in [-0.25, -0.2) is 8.42 Å². The van der Waals surface area contributed by atoms with Crippen LogP contribution in [0.3, 0.4) is 0 Å². The smallest absolute Gasteiger partial charge is 0.250 e. The van der Waals surface area contributed by atoms with Crippen LogP contribution < -0.4 is 11.1 Å². The number of aromatic nitrogens is 1. The van der Waals surface area contributed by atoms with Crippen LogP contribution in [0.4, 0.5) is 0 Å². The zero-order valence-corrected chi connectivity index (χ0v) is 17.3. The second-order valence-corrected chi connectivity index (χ2v) is 9.71. The van der Waals surface area contributed by atoms with Gasteiger partial charge < -0.3 is 16.0 Å². The molecule has 3 N–H and O–H groups in total. The summed E-state index contributed by atoms with van der Waals surface area (Å²) in [7, 11) is -3.15. The molecule has 8 nitrogen and oxygen atoms in total. The van der Waals surface area contributed by atoms with E-state index in [-0.39, 0.29) is 30.2 Å². The first-order chi connectivity index (χ1) is 14.3. The molecule has 0 aliphatic carbocycles. The maximum absolute atomic E-state index is 12.5. The largest absolute Gasteiger partial charge is 0.366 e. The fourth-order valence-corrected chi connectivity index (χ4v) is 5.34. The van der Waals surface area contributed by atoms with E-state index < -0.39 is 15.7 Å². The van der Waals surface area contributed by atoms with Gasteiger partial charge in [0.05, 0.1) is 29.1 Å². The van der Waals surface area contributed by atoms with Crippen LogP contribution in [0.15, 0.2) is 41.8 Å². The highest BCUT2D eigenvalue weighted by atomic mass is 32.2. The Labute approximate surface area is 175 Å². The van der Waals surface area contributed by atoms with E-state index in [2.05, 4.69) is 5.32 Å². The summed E-state index contributed by atoms with van der Waals surface area (Å²) in [5.41, 5.74) is 7.57. The molecule has 158 valence electrons. The molecular formula is C21H24N4O4S. The molecule has 1 aromatic carbocycles. The number of carbonyl (C=O) groups is 2. The average Bonchev–Trinajstić information content (AvgIpc) is 3.09. The molecule has 0 spiro atoms. The highest BCUT2D eigenvalue weighted by molar-refractivity contribution is 7.94. The molecule has 1 saturated heterocycles. The Kier molecular flexibility index (Phi) is 5.57. The third-order valence-electron chi connectivity index (χ3n) is 5.70. The summed E-state index contributed by atoms with van der Waals surface area (Å²) < 4.78 is 22.9. The molecule has 2 aromatic rings. The third-order valence-corrected chi connectivity index (χ3v) is 7.09. The SMILES string of the molecule is NC(=O)c1cc2ccccc2nc1C1CCN(C(=O)CN[C@@H]2C=CS(=O)(=O)C2)CC1. The van der Waals surface area contributed by atoms with Crippen molar-refractivity contribution >= 4 is 32.6 Å². The summed E-state index contributed by atoms with van der Waals surface area (Å²) in [4.78, 5) is 31.0. The molecule has 3 heterocycles. The van der Waals surface area contributed by atoms with Gasteiger partial charge in [0.25, 0.3) is 5.91 Å². The van der Waals surface area contributed by atoms with Crippen LogP contribution >= 0.6 is 0 Å². The Morgan fingerprint density at radius 2 is 1.93 bits per heavy atom. The van der Waals surface area contributed by atoms with E-state index in [0.717, 1.165) is 10.9 Å². The molecule has 4 rings (SSSR count). The van der Waals surface area contributed by atoms with Gasteiger partial charge in [-0.3, -0.25) is 14.6 Å². The number of carbonyl (C=O) groups excluding carboxylic acids is 2. The van der Waals surface area contributed by atoms with Crippen molar-refractivity contribution in [2.75, 3.05) is 25.4 Å². The van der Waals surface area contributed by atoms with Gasteiger partial charge in [-0.1, -0.05) is 24.3 Å². The fourth-order valence-electron chi connectivity index (χ4n) is 4.07. The predicted octanol–water partition coefficient (Wildman–Crippen LogP) is 0.940. The molecule has 0 saturated carbocycles. The van der Waals surface area contributed by atoms with Crippen molar-refractivity contribution in [3.05, 3.63) is 53.1 Å². The number of likely N-dealkylation sites (tertiary alicyclic amines) is 1. The second-order valence-electron chi connectivity index (χ2n) is 7.78. The van der Waals surface area contributed by atoms with E-state index in [1.54, 1.807) is 17.0 Å². The minimum atomic E-state index is -3.15. The third kappa shape index (κ3) is 4.36. The molecule has 2 amide bonds. The number of amides is 2. The van der Waals surface area contributed by atoms with Gasteiger partial charge >= 0.3 is 0 Å². The van der Waals surface area contributed by atoms with Crippen molar-refractivity contribution in [2.24, 2.45) is 5.73 Å². The minimum absolute atomic E-state index is 0.00805. The van der Waals surface area contributed by atoms with E-state index in [0.29, 0.717) is 37.2 Å². The monoisotopic (exact) mass is 428 g/mol. The molecule has 2 aliphatic heterocycles. The van der Waals surface area contributed by atoms with Crippen molar-refractivity contribution in [3.8, 4) is 0 Å². The second kappa shape index (κ2) is 8.16. The number of benzene rings is 1. The number of primary amides is 1.